The Morgan fingerprint density at radius 3 is 2.22 bits per heavy atom. The number of carbonyl (C=O) groups excluding carboxylic acids is 2. The first-order chi connectivity index (χ1) is 8.43. The zero-order valence-corrected chi connectivity index (χ0v) is 12.2. The summed E-state index contributed by atoms with van der Waals surface area (Å²) in [5, 5.41) is 2.69. The minimum absolute atomic E-state index is 0.0117. The van der Waals surface area contributed by atoms with E-state index in [4.69, 9.17) is 0 Å². The van der Waals surface area contributed by atoms with Crippen molar-refractivity contribution < 1.29 is 9.59 Å². The lowest BCUT2D eigenvalue weighted by atomic mass is 9.89. The van der Waals surface area contributed by atoms with E-state index in [1.807, 2.05) is 18.7 Å². The lowest BCUT2D eigenvalue weighted by Crippen LogP contribution is -2.63. The zero-order valence-electron chi connectivity index (χ0n) is 12.2. The number of rotatable bonds is 5. The van der Waals surface area contributed by atoms with Crippen LogP contribution in [-0.2, 0) is 9.59 Å². The van der Waals surface area contributed by atoms with Crippen LogP contribution in [-0.4, -0.2) is 35.3 Å². The van der Waals surface area contributed by atoms with Crippen LogP contribution in [0.5, 0.6) is 0 Å². The van der Waals surface area contributed by atoms with Gasteiger partial charge >= 0.3 is 0 Å². The van der Waals surface area contributed by atoms with Gasteiger partial charge in [0, 0.05) is 6.04 Å². The molecule has 0 aromatic carbocycles. The van der Waals surface area contributed by atoms with Crippen LogP contribution in [0.1, 0.15) is 47.5 Å². The molecule has 0 spiro atoms. The predicted octanol–water partition coefficient (Wildman–Crippen LogP) is 1.79. The number of hydrogen-bond acceptors (Lipinski definition) is 2. The molecular formula is C14H26N2O2. The SMILES string of the molecule is CCC(CC)C(C)N1C(=O)CNC(=O)C1C(C)C. The van der Waals surface area contributed by atoms with E-state index in [9.17, 15) is 9.59 Å². The van der Waals surface area contributed by atoms with Crippen LogP contribution in [0.4, 0.5) is 0 Å². The topological polar surface area (TPSA) is 49.4 Å². The van der Waals surface area contributed by atoms with E-state index in [0.29, 0.717) is 5.92 Å². The molecule has 2 amide bonds. The number of nitrogens with zero attached hydrogens (tertiary/aromatic N) is 1. The Labute approximate surface area is 110 Å². The van der Waals surface area contributed by atoms with E-state index in [1.165, 1.54) is 0 Å². The van der Waals surface area contributed by atoms with Crippen molar-refractivity contribution in [2.45, 2.75) is 59.5 Å². The number of amides is 2. The molecule has 0 aliphatic carbocycles. The van der Waals surface area contributed by atoms with E-state index in [1.54, 1.807) is 0 Å². The standard InChI is InChI=1S/C14H26N2O2/c1-6-11(7-2)10(5)16-12(17)8-15-14(18)13(16)9(3)4/h9-11,13H,6-8H2,1-5H3,(H,15,18). The average Bonchev–Trinajstić information content (AvgIpc) is 2.32. The first-order valence-corrected chi connectivity index (χ1v) is 7.02. The second kappa shape index (κ2) is 6.21. The van der Waals surface area contributed by atoms with Crippen molar-refractivity contribution in [1.82, 2.24) is 10.2 Å². The Morgan fingerprint density at radius 2 is 1.78 bits per heavy atom. The van der Waals surface area contributed by atoms with E-state index in [-0.39, 0.29) is 36.4 Å². The van der Waals surface area contributed by atoms with Gasteiger partial charge in [-0.25, -0.2) is 0 Å². The molecule has 1 fully saturated rings. The Balaban J connectivity index is 2.98. The van der Waals surface area contributed by atoms with Gasteiger partial charge in [-0.2, -0.15) is 0 Å². The highest BCUT2D eigenvalue weighted by Crippen LogP contribution is 2.25. The molecule has 18 heavy (non-hydrogen) atoms. The summed E-state index contributed by atoms with van der Waals surface area (Å²) in [4.78, 5) is 26.0. The molecule has 1 N–H and O–H groups in total. The minimum Gasteiger partial charge on any atom is -0.345 e. The van der Waals surface area contributed by atoms with Crippen molar-refractivity contribution in [1.29, 1.82) is 0 Å². The molecule has 0 saturated carbocycles. The van der Waals surface area contributed by atoms with E-state index >= 15 is 0 Å². The maximum Gasteiger partial charge on any atom is 0.243 e. The molecule has 104 valence electrons. The minimum atomic E-state index is -0.318. The molecule has 1 saturated heterocycles. The number of hydrogen-bond donors (Lipinski definition) is 1. The van der Waals surface area contributed by atoms with Gasteiger partial charge in [-0.1, -0.05) is 40.5 Å². The van der Waals surface area contributed by atoms with Gasteiger partial charge in [0.15, 0.2) is 0 Å². The molecule has 4 nitrogen and oxygen atoms in total. The fourth-order valence-electron chi connectivity index (χ4n) is 2.94. The molecule has 4 heteroatoms. The first-order valence-electron chi connectivity index (χ1n) is 7.02. The Hall–Kier alpha value is -1.06. The predicted molar refractivity (Wildman–Crippen MR) is 72.0 cm³/mol. The third-order valence-corrected chi connectivity index (χ3v) is 4.07. The summed E-state index contributed by atoms with van der Waals surface area (Å²) in [5.41, 5.74) is 0. The van der Waals surface area contributed by atoms with Gasteiger partial charge in [-0.15, -0.1) is 0 Å². The maximum atomic E-state index is 12.1. The van der Waals surface area contributed by atoms with Crippen LogP contribution in [0, 0.1) is 11.8 Å². The van der Waals surface area contributed by atoms with Gasteiger partial charge in [0.05, 0.1) is 6.54 Å². The number of carbonyl (C=O) groups is 2. The second-order valence-corrected chi connectivity index (χ2v) is 5.52. The van der Waals surface area contributed by atoms with Crippen LogP contribution in [0.15, 0.2) is 0 Å². The van der Waals surface area contributed by atoms with E-state index in [0.717, 1.165) is 12.8 Å². The summed E-state index contributed by atoms with van der Waals surface area (Å²) >= 11 is 0. The summed E-state index contributed by atoms with van der Waals surface area (Å²) in [7, 11) is 0. The van der Waals surface area contributed by atoms with Crippen molar-refractivity contribution in [2.24, 2.45) is 11.8 Å². The maximum absolute atomic E-state index is 12.1. The van der Waals surface area contributed by atoms with Crippen LogP contribution in [0.2, 0.25) is 0 Å². The third-order valence-electron chi connectivity index (χ3n) is 4.07. The van der Waals surface area contributed by atoms with Gasteiger partial charge in [0.25, 0.3) is 0 Å². The van der Waals surface area contributed by atoms with E-state index < -0.39 is 0 Å². The molecule has 0 bridgehead atoms. The highest BCUT2D eigenvalue weighted by atomic mass is 16.2. The van der Waals surface area contributed by atoms with Crippen molar-refractivity contribution >= 4 is 11.8 Å². The van der Waals surface area contributed by atoms with Crippen molar-refractivity contribution in [3.8, 4) is 0 Å². The fraction of sp³-hybridized carbons (Fsp3) is 0.857. The number of piperazine rings is 1. The van der Waals surface area contributed by atoms with Crippen LogP contribution < -0.4 is 5.32 Å². The first kappa shape index (κ1) is 15.0. The molecule has 0 aromatic rings. The lowest BCUT2D eigenvalue weighted by molar-refractivity contribution is -0.151. The van der Waals surface area contributed by atoms with Crippen molar-refractivity contribution in [2.75, 3.05) is 6.54 Å². The Kier molecular flexibility index (Phi) is 5.17. The molecule has 2 unspecified atom stereocenters. The quantitative estimate of drug-likeness (QED) is 0.813. The van der Waals surface area contributed by atoms with Crippen LogP contribution in [0.25, 0.3) is 0 Å². The molecule has 1 heterocycles. The summed E-state index contributed by atoms with van der Waals surface area (Å²) in [6.07, 6.45) is 2.07. The van der Waals surface area contributed by atoms with Crippen molar-refractivity contribution in [3.05, 3.63) is 0 Å². The van der Waals surface area contributed by atoms with Crippen molar-refractivity contribution in [3.63, 3.8) is 0 Å². The molecule has 1 rings (SSSR count). The summed E-state index contributed by atoms with van der Waals surface area (Å²) in [6, 6.07) is -0.187. The molecular weight excluding hydrogens is 228 g/mol. The van der Waals surface area contributed by atoms with Gasteiger partial charge in [-0.3, -0.25) is 9.59 Å². The highest BCUT2D eigenvalue weighted by molar-refractivity contribution is 5.95. The van der Waals surface area contributed by atoms with Gasteiger partial charge < -0.3 is 10.2 Å². The monoisotopic (exact) mass is 254 g/mol. The number of nitrogens with one attached hydrogen (secondary N) is 1. The molecule has 1 aliphatic heterocycles. The zero-order chi connectivity index (χ0) is 13.9. The smallest absolute Gasteiger partial charge is 0.243 e. The fourth-order valence-corrected chi connectivity index (χ4v) is 2.94. The average molecular weight is 254 g/mol. The van der Waals surface area contributed by atoms with Gasteiger partial charge in [0.1, 0.15) is 6.04 Å². The molecule has 0 aromatic heterocycles. The molecule has 0 radical (unpaired) electrons. The highest BCUT2D eigenvalue weighted by Gasteiger charge is 2.40. The van der Waals surface area contributed by atoms with Gasteiger partial charge in [0.2, 0.25) is 11.8 Å². The summed E-state index contributed by atoms with van der Waals surface area (Å²) in [6.45, 7) is 10.5. The largest absolute Gasteiger partial charge is 0.345 e. The molecule has 2 atom stereocenters. The van der Waals surface area contributed by atoms with Gasteiger partial charge in [-0.05, 0) is 18.8 Å². The molecule has 1 aliphatic rings. The summed E-state index contributed by atoms with van der Waals surface area (Å²) < 4.78 is 0. The van der Waals surface area contributed by atoms with Crippen LogP contribution >= 0.6 is 0 Å². The Bertz CT molecular complexity index is 311. The normalized spacial score (nSPS) is 22.6. The van der Waals surface area contributed by atoms with E-state index in [2.05, 4.69) is 26.1 Å². The van der Waals surface area contributed by atoms with Crippen LogP contribution in [0.3, 0.4) is 0 Å². The third kappa shape index (κ3) is 2.85. The summed E-state index contributed by atoms with van der Waals surface area (Å²) in [5.74, 6) is 0.641. The second-order valence-electron chi connectivity index (χ2n) is 5.52. The Morgan fingerprint density at radius 1 is 1.22 bits per heavy atom. The lowest BCUT2D eigenvalue weighted by Gasteiger charge is -2.43.